The molecule has 1 aromatic carbocycles. The van der Waals surface area contributed by atoms with Gasteiger partial charge < -0.3 is 0 Å². The van der Waals surface area contributed by atoms with Gasteiger partial charge in [0, 0.05) is 6.20 Å². The quantitative estimate of drug-likeness (QED) is 0.690. The lowest BCUT2D eigenvalue weighted by Crippen LogP contribution is -2.06. The Morgan fingerprint density at radius 2 is 2.10 bits per heavy atom. The Balaban J connectivity index is 2.09. The zero-order valence-corrected chi connectivity index (χ0v) is 11.4. The summed E-state index contributed by atoms with van der Waals surface area (Å²) in [7, 11) is 0. The second-order valence-electron chi connectivity index (χ2n) is 4.22. The molecular formula is C14H10FN3OS. The van der Waals surface area contributed by atoms with Crippen molar-refractivity contribution >= 4 is 23.1 Å². The molecule has 0 N–H and O–H groups in total. The van der Waals surface area contributed by atoms with Crippen LogP contribution in [0, 0.1) is 12.7 Å². The summed E-state index contributed by atoms with van der Waals surface area (Å²) in [5.41, 5.74) is 1.69. The van der Waals surface area contributed by atoms with E-state index < -0.39 is 11.7 Å². The van der Waals surface area contributed by atoms with Crippen LogP contribution in [0.25, 0.3) is 5.65 Å². The standard InChI is InChI=1S/C14H10FN3OS/c1-9-5-4-8-18-12(9)16-14(20-18)17-13(19)10-6-2-3-7-11(10)15/h2-8H,1H3. The van der Waals surface area contributed by atoms with Crippen LogP contribution in [0.2, 0.25) is 0 Å². The van der Waals surface area contributed by atoms with E-state index in [0.29, 0.717) is 4.80 Å². The van der Waals surface area contributed by atoms with Crippen LogP contribution in [0.5, 0.6) is 0 Å². The molecule has 0 saturated heterocycles. The lowest BCUT2D eigenvalue weighted by atomic mass is 10.2. The molecule has 4 nitrogen and oxygen atoms in total. The molecule has 0 saturated carbocycles. The average Bonchev–Trinajstić information content (AvgIpc) is 2.83. The Morgan fingerprint density at radius 1 is 1.30 bits per heavy atom. The minimum atomic E-state index is -0.625. The third-order valence-corrected chi connectivity index (χ3v) is 3.65. The SMILES string of the molecule is Cc1cccn2sc(=NC(=O)c3ccccc3F)nc12. The number of amides is 1. The molecule has 3 rings (SSSR count). The van der Waals surface area contributed by atoms with E-state index >= 15 is 0 Å². The number of aromatic nitrogens is 2. The molecule has 0 fully saturated rings. The van der Waals surface area contributed by atoms with Crippen molar-refractivity contribution in [1.82, 2.24) is 8.77 Å². The Labute approximate surface area is 118 Å². The van der Waals surface area contributed by atoms with Crippen LogP contribution in [-0.4, -0.2) is 14.7 Å². The first-order chi connectivity index (χ1) is 9.65. The van der Waals surface area contributed by atoms with Gasteiger partial charge in [-0.25, -0.2) is 4.39 Å². The van der Waals surface area contributed by atoms with Crippen LogP contribution in [0.4, 0.5) is 4.39 Å². The van der Waals surface area contributed by atoms with Crippen LogP contribution in [-0.2, 0) is 0 Å². The molecule has 0 aliphatic carbocycles. The van der Waals surface area contributed by atoms with E-state index in [1.54, 1.807) is 6.07 Å². The van der Waals surface area contributed by atoms with E-state index in [4.69, 9.17) is 0 Å². The summed E-state index contributed by atoms with van der Waals surface area (Å²) in [6, 6.07) is 9.60. The number of hydrogen-bond acceptors (Lipinski definition) is 3. The van der Waals surface area contributed by atoms with Gasteiger partial charge in [0.15, 0.2) is 5.65 Å². The largest absolute Gasteiger partial charge is 0.282 e. The summed E-state index contributed by atoms with van der Waals surface area (Å²) in [5, 5.41) is 0. The number of carbonyl (C=O) groups is 1. The minimum Gasteiger partial charge on any atom is -0.267 e. The van der Waals surface area contributed by atoms with Gasteiger partial charge in [0.25, 0.3) is 5.91 Å². The number of fused-ring (bicyclic) bond motifs is 1. The topological polar surface area (TPSA) is 46.7 Å². The Hall–Kier alpha value is -2.34. The molecule has 100 valence electrons. The molecule has 20 heavy (non-hydrogen) atoms. The van der Waals surface area contributed by atoms with Crippen molar-refractivity contribution in [2.24, 2.45) is 4.99 Å². The van der Waals surface area contributed by atoms with Gasteiger partial charge in [0.2, 0.25) is 4.80 Å². The maximum absolute atomic E-state index is 13.5. The highest BCUT2D eigenvalue weighted by Crippen LogP contribution is 2.09. The van der Waals surface area contributed by atoms with Crippen molar-refractivity contribution in [1.29, 1.82) is 0 Å². The first-order valence-electron chi connectivity index (χ1n) is 5.94. The zero-order valence-electron chi connectivity index (χ0n) is 10.6. The first-order valence-corrected chi connectivity index (χ1v) is 6.71. The second kappa shape index (κ2) is 4.97. The van der Waals surface area contributed by atoms with Crippen LogP contribution in [0.3, 0.4) is 0 Å². The van der Waals surface area contributed by atoms with Gasteiger partial charge in [0.1, 0.15) is 5.82 Å². The highest BCUT2D eigenvalue weighted by molar-refractivity contribution is 7.03. The van der Waals surface area contributed by atoms with Gasteiger partial charge in [-0.1, -0.05) is 18.2 Å². The number of pyridine rings is 1. The van der Waals surface area contributed by atoms with Crippen LogP contribution in [0.15, 0.2) is 47.6 Å². The molecule has 0 aliphatic heterocycles. The van der Waals surface area contributed by atoms with Crippen LogP contribution < -0.4 is 4.80 Å². The fourth-order valence-corrected chi connectivity index (χ4v) is 2.65. The highest BCUT2D eigenvalue weighted by atomic mass is 32.1. The normalized spacial score (nSPS) is 12.0. The summed E-state index contributed by atoms with van der Waals surface area (Å²) < 4.78 is 15.3. The van der Waals surface area contributed by atoms with E-state index in [1.165, 1.54) is 29.7 Å². The predicted molar refractivity (Wildman–Crippen MR) is 74.1 cm³/mol. The van der Waals surface area contributed by atoms with Gasteiger partial charge in [-0.05, 0) is 42.2 Å². The number of halogens is 1. The Bertz CT molecular complexity index is 866. The van der Waals surface area contributed by atoms with Crippen molar-refractivity contribution in [3.8, 4) is 0 Å². The number of benzene rings is 1. The molecule has 0 aliphatic rings. The molecule has 6 heteroatoms. The molecule has 0 atom stereocenters. The smallest absolute Gasteiger partial charge is 0.267 e. The molecular weight excluding hydrogens is 277 g/mol. The Morgan fingerprint density at radius 3 is 2.85 bits per heavy atom. The van der Waals surface area contributed by atoms with Gasteiger partial charge >= 0.3 is 0 Å². The van der Waals surface area contributed by atoms with Gasteiger partial charge in [-0.2, -0.15) is 9.98 Å². The minimum absolute atomic E-state index is 0.0477. The number of rotatable bonds is 1. The molecule has 3 aromatic rings. The molecule has 2 heterocycles. The highest BCUT2D eigenvalue weighted by Gasteiger charge is 2.10. The van der Waals surface area contributed by atoms with Crippen molar-refractivity contribution in [3.05, 3.63) is 64.3 Å². The summed E-state index contributed by atoms with van der Waals surface area (Å²) in [6.45, 7) is 1.93. The van der Waals surface area contributed by atoms with Crippen molar-refractivity contribution in [2.45, 2.75) is 6.92 Å². The van der Waals surface area contributed by atoms with E-state index in [2.05, 4.69) is 9.98 Å². The number of aryl methyl sites for hydroxylation is 1. The lowest BCUT2D eigenvalue weighted by molar-refractivity contribution is 0.0994. The van der Waals surface area contributed by atoms with Gasteiger partial charge in [0.05, 0.1) is 5.56 Å². The van der Waals surface area contributed by atoms with Crippen molar-refractivity contribution in [2.75, 3.05) is 0 Å². The lowest BCUT2D eigenvalue weighted by Gasteiger charge is -1.94. The van der Waals surface area contributed by atoms with Gasteiger partial charge in [-0.3, -0.25) is 8.58 Å². The van der Waals surface area contributed by atoms with Crippen molar-refractivity contribution < 1.29 is 9.18 Å². The molecule has 0 radical (unpaired) electrons. The van der Waals surface area contributed by atoms with Crippen LogP contribution >= 0.6 is 11.5 Å². The summed E-state index contributed by atoms with van der Waals surface area (Å²) in [6.07, 6.45) is 1.84. The Kier molecular flexibility index (Phi) is 3.15. The average molecular weight is 287 g/mol. The third-order valence-electron chi connectivity index (χ3n) is 2.81. The third kappa shape index (κ3) is 2.25. The van der Waals surface area contributed by atoms with Crippen LogP contribution in [0.1, 0.15) is 15.9 Å². The maximum atomic E-state index is 13.5. The summed E-state index contributed by atoms with van der Waals surface area (Å²) >= 11 is 1.24. The fourth-order valence-electron chi connectivity index (χ4n) is 1.82. The summed E-state index contributed by atoms with van der Waals surface area (Å²) in [4.78, 5) is 20.4. The maximum Gasteiger partial charge on any atom is 0.282 e. The number of carbonyl (C=O) groups excluding carboxylic acids is 1. The van der Waals surface area contributed by atoms with Gasteiger partial charge in [-0.15, -0.1) is 0 Å². The monoisotopic (exact) mass is 287 g/mol. The predicted octanol–water partition coefficient (Wildman–Crippen LogP) is 2.58. The molecule has 1 amide bonds. The second-order valence-corrected chi connectivity index (χ2v) is 5.16. The number of hydrogen-bond donors (Lipinski definition) is 0. The van der Waals surface area contributed by atoms with E-state index in [9.17, 15) is 9.18 Å². The zero-order chi connectivity index (χ0) is 14.1. The molecule has 0 bridgehead atoms. The van der Waals surface area contributed by atoms with E-state index in [-0.39, 0.29) is 5.56 Å². The fraction of sp³-hybridized carbons (Fsp3) is 0.0714. The molecule has 0 unspecified atom stereocenters. The first kappa shape index (κ1) is 12.7. The summed E-state index contributed by atoms with van der Waals surface area (Å²) in [5.74, 6) is -1.20. The van der Waals surface area contributed by atoms with E-state index in [1.807, 2.05) is 29.0 Å². The van der Waals surface area contributed by atoms with E-state index in [0.717, 1.165) is 11.2 Å². The van der Waals surface area contributed by atoms with Crippen molar-refractivity contribution in [3.63, 3.8) is 0 Å². The number of nitrogens with zero attached hydrogens (tertiary/aromatic N) is 3. The molecule has 2 aromatic heterocycles. The molecule has 0 spiro atoms.